The SMILES string of the molecule is COc1c(Cl)cccc1-c1noc(-c2noc3c2CCCC3)n1. The molecule has 0 fully saturated rings. The van der Waals surface area contributed by atoms with E-state index < -0.39 is 0 Å². The van der Waals surface area contributed by atoms with Crippen LogP contribution in [0.1, 0.15) is 24.2 Å². The number of fused-ring (bicyclic) bond motifs is 1. The van der Waals surface area contributed by atoms with Crippen LogP contribution < -0.4 is 4.74 Å². The van der Waals surface area contributed by atoms with Gasteiger partial charge in [-0.1, -0.05) is 28.0 Å². The van der Waals surface area contributed by atoms with Crippen molar-refractivity contribution < 1.29 is 13.8 Å². The van der Waals surface area contributed by atoms with Gasteiger partial charge in [-0.15, -0.1) is 0 Å². The maximum Gasteiger partial charge on any atom is 0.280 e. The van der Waals surface area contributed by atoms with E-state index in [2.05, 4.69) is 15.3 Å². The lowest BCUT2D eigenvalue weighted by atomic mass is 9.96. The molecule has 0 atom stereocenters. The molecule has 0 aliphatic heterocycles. The lowest BCUT2D eigenvalue weighted by Crippen LogP contribution is -2.00. The maximum atomic E-state index is 6.14. The summed E-state index contributed by atoms with van der Waals surface area (Å²) in [5.41, 5.74) is 2.39. The number of aromatic nitrogens is 3. The van der Waals surface area contributed by atoms with E-state index in [1.165, 1.54) is 0 Å². The number of hydrogen-bond donors (Lipinski definition) is 0. The van der Waals surface area contributed by atoms with Crippen LogP contribution in [-0.2, 0) is 12.8 Å². The summed E-state index contributed by atoms with van der Waals surface area (Å²) in [6.45, 7) is 0. The lowest BCUT2D eigenvalue weighted by Gasteiger charge is -2.07. The number of rotatable bonds is 3. The second-order valence-corrected chi connectivity index (χ2v) is 5.79. The Morgan fingerprint density at radius 3 is 2.87 bits per heavy atom. The molecule has 6 nitrogen and oxygen atoms in total. The van der Waals surface area contributed by atoms with Gasteiger partial charge in [0.1, 0.15) is 11.5 Å². The summed E-state index contributed by atoms with van der Waals surface area (Å²) in [5.74, 6) is 2.20. The zero-order valence-corrected chi connectivity index (χ0v) is 13.3. The second kappa shape index (κ2) is 5.70. The van der Waals surface area contributed by atoms with Crippen LogP contribution in [0.5, 0.6) is 5.75 Å². The van der Waals surface area contributed by atoms with E-state index in [9.17, 15) is 0 Å². The molecule has 1 aromatic carbocycles. The van der Waals surface area contributed by atoms with Gasteiger partial charge in [0.25, 0.3) is 5.89 Å². The van der Waals surface area contributed by atoms with E-state index in [0.29, 0.717) is 33.7 Å². The largest absolute Gasteiger partial charge is 0.494 e. The van der Waals surface area contributed by atoms with Gasteiger partial charge in [0.2, 0.25) is 5.82 Å². The Kier molecular flexibility index (Phi) is 3.53. The topological polar surface area (TPSA) is 74.2 Å². The number of nitrogens with zero attached hydrogens (tertiary/aromatic N) is 3. The van der Waals surface area contributed by atoms with Gasteiger partial charge in [-0.3, -0.25) is 0 Å². The Morgan fingerprint density at radius 2 is 2.00 bits per heavy atom. The van der Waals surface area contributed by atoms with Gasteiger partial charge >= 0.3 is 0 Å². The molecule has 0 bridgehead atoms. The summed E-state index contributed by atoms with van der Waals surface area (Å²) in [6.07, 6.45) is 4.07. The summed E-state index contributed by atoms with van der Waals surface area (Å²) in [5, 5.41) is 8.64. The van der Waals surface area contributed by atoms with Crippen LogP contribution in [0.25, 0.3) is 23.0 Å². The Balaban J connectivity index is 1.76. The molecule has 0 radical (unpaired) electrons. The highest BCUT2D eigenvalue weighted by molar-refractivity contribution is 6.32. The smallest absolute Gasteiger partial charge is 0.280 e. The van der Waals surface area contributed by atoms with Gasteiger partial charge < -0.3 is 13.8 Å². The number of methoxy groups -OCH3 is 1. The normalized spacial score (nSPS) is 13.8. The molecular weight excluding hydrogens is 318 g/mol. The molecule has 3 aromatic rings. The summed E-state index contributed by atoms with van der Waals surface area (Å²) in [4.78, 5) is 4.44. The van der Waals surface area contributed by atoms with Crippen molar-refractivity contribution in [2.75, 3.05) is 7.11 Å². The molecule has 1 aliphatic carbocycles. The predicted octanol–water partition coefficient (Wildman–Crippen LogP) is 3.93. The average molecular weight is 332 g/mol. The van der Waals surface area contributed by atoms with Crippen LogP contribution in [0, 0.1) is 0 Å². The minimum atomic E-state index is 0.355. The molecule has 23 heavy (non-hydrogen) atoms. The zero-order valence-electron chi connectivity index (χ0n) is 12.5. The van der Waals surface area contributed by atoms with Crippen LogP contribution >= 0.6 is 11.6 Å². The first-order chi connectivity index (χ1) is 11.3. The number of halogens is 1. The van der Waals surface area contributed by atoms with Gasteiger partial charge in [-0.25, -0.2) is 0 Å². The number of benzene rings is 1. The lowest BCUT2D eigenvalue weighted by molar-refractivity contribution is 0.369. The number of ether oxygens (including phenoxy) is 1. The molecule has 0 spiro atoms. The molecule has 2 heterocycles. The fourth-order valence-corrected chi connectivity index (χ4v) is 3.13. The first-order valence-electron chi connectivity index (χ1n) is 7.42. The number of hydrogen-bond acceptors (Lipinski definition) is 6. The van der Waals surface area contributed by atoms with E-state index in [0.717, 1.165) is 37.0 Å². The van der Waals surface area contributed by atoms with Crippen molar-refractivity contribution in [3.05, 3.63) is 34.5 Å². The maximum absolute atomic E-state index is 6.14. The Morgan fingerprint density at radius 1 is 1.13 bits per heavy atom. The van der Waals surface area contributed by atoms with Crippen molar-refractivity contribution >= 4 is 11.6 Å². The molecule has 0 N–H and O–H groups in total. The van der Waals surface area contributed by atoms with Gasteiger partial charge in [0.15, 0.2) is 5.69 Å². The Labute approximate surface area is 137 Å². The quantitative estimate of drug-likeness (QED) is 0.723. The fourth-order valence-electron chi connectivity index (χ4n) is 2.87. The molecule has 2 aromatic heterocycles. The minimum absolute atomic E-state index is 0.355. The first-order valence-corrected chi connectivity index (χ1v) is 7.80. The van der Waals surface area contributed by atoms with Crippen LogP contribution in [0.2, 0.25) is 5.02 Å². The highest BCUT2D eigenvalue weighted by Gasteiger charge is 2.25. The van der Waals surface area contributed by atoms with Crippen LogP contribution in [0.3, 0.4) is 0 Å². The van der Waals surface area contributed by atoms with Crippen molar-refractivity contribution in [2.45, 2.75) is 25.7 Å². The minimum Gasteiger partial charge on any atom is -0.494 e. The van der Waals surface area contributed by atoms with Crippen LogP contribution in [0.15, 0.2) is 27.2 Å². The molecule has 0 saturated carbocycles. The highest BCUT2D eigenvalue weighted by Crippen LogP contribution is 2.36. The van der Waals surface area contributed by atoms with Crippen LogP contribution in [-0.4, -0.2) is 22.4 Å². The molecule has 7 heteroatoms. The standard InChI is InChI=1S/C16H14ClN3O3/c1-21-14-10(6-4-7-11(14)17)15-18-16(23-20-15)13-9-5-2-3-8-12(9)22-19-13/h4,6-7H,2-3,5,8H2,1H3. The van der Waals surface area contributed by atoms with Gasteiger partial charge in [0.05, 0.1) is 17.7 Å². The number of aryl methyl sites for hydroxylation is 1. The fraction of sp³-hybridized carbons (Fsp3) is 0.312. The molecule has 0 amide bonds. The molecule has 4 rings (SSSR count). The third-order valence-electron chi connectivity index (χ3n) is 3.99. The van der Waals surface area contributed by atoms with Crippen molar-refractivity contribution in [2.24, 2.45) is 0 Å². The summed E-state index contributed by atoms with van der Waals surface area (Å²) < 4.78 is 16.1. The zero-order chi connectivity index (χ0) is 15.8. The summed E-state index contributed by atoms with van der Waals surface area (Å²) >= 11 is 6.14. The molecular formula is C16H14ClN3O3. The van der Waals surface area contributed by atoms with E-state index >= 15 is 0 Å². The van der Waals surface area contributed by atoms with E-state index in [1.54, 1.807) is 13.2 Å². The first kappa shape index (κ1) is 14.3. The van der Waals surface area contributed by atoms with Gasteiger partial charge in [0, 0.05) is 12.0 Å². The van der Waals surface area contributed by atoms with E-state index in [4.69, 9.17) is 25.4 Å². The van der Waals surface area contributed by atoms with Gasteiger partial charge in [-0.05, 0) is 31.4 Å². The average Bonchev–Trinajstić information content (AvgIpc) is 3.21. The third-order valence-corrected chi connectivity index (χ3v) is 4.29. The Hall–Kier alpha value is -2.34. The summed E-state index contributed by atoms with van der Waals surface area (Å²) in [7, 11) is 1.56. The third kappa shape index (κ3) is 2.39. The molecule has 0 unspecified atom stereocenters. The highest BCUT2D eigenvalue weighted by atomic mass is 35.5. The van der Waals surface area contributed by atoms with Crippen molar-refractivity contribution in [1.82, 2.24) is 15.3 Å². The Bertz CT molecular complexity index is 856. The second-order valence-electron chi connectivity index (χ2n) is 5.38. The van der Waals surface area contributed by atoms with E-state index in [1.807, 2.05) is 12.1 Å². The van der Waals surface area contributed by atoms with Crippen LogP contribution in [0.4, 0.5) is 0 Å². The van der Waals surface area contributed by atoms with Crippen molar-refractivity contribution in [3.63, 3.8) is 0 Å². The number of para-hydroxylation sites is 1. The molecule has 0 saturated heterocycles. The molecule has 1 aliphatic rings. The summed E-state index contributed by atoms with van der Waals surface area (Å²) in [6, 6.07) is 5.39. The van der Waals surface area contributed by atoms with Crippen molar-refractivity contribution in [3.8, 4) is 28.7 Å². The van der Waals surface area contributed by atoms with Gasteiger partial charge in [-0.2, -0.15) is 4.98 Å². The monoisotopic (exact) mass is 331 g/mol. The van der Waals surface area contributed by atoms with E-state index in [-0.39, 0.29) is 0 Å². The predicted molar refractivity (Wildman–Crippen MR) is 83.4 cm³/mol. The molecule has 118 valence electrons. The van der Waals surface area contributed by atoms with Crippen molar-refractivity contribution in [1.29, 1.82) is 0 Å².